The number of anilines is 1. The van der Waals surface area contributed by atoms with Gasteiger partial charge in [-0.25, -0.2) is 0 Å². The van der Waals surface area contributed by atoms with E-state index < -0.39 is 0 Å². The third-order valence-electron chi connectivity index (χ3n) is 3.21. The Kier molecular flexibility index (Phi) is 4.35. The Bertz CT molecular complexity index is 561. The largest absolute Gasteiger partial charge is 0.325 e. The predicted molar refractivity (Wildman–Crippen MR) is 79.3 cm³/mol. The van der Waals surface area contributed by atoms with E-state index >= 15 is 0 Å². The van der Waals surface area contributed by atoms with Gasteiger partial charge in [-0.05, 0) is 30.0 Å². The molecule has 2 aromatic rings. The van der Waals surface area contributed by atoms with Crippen molar-refractivity contribution < 1.29 is 4.79 Å². The summed E-state index contributed by atoms with van der Waals surface area (Å²) in [5, 5.41) is 3.04. The van der Waals surface area contributed by atoms with E-state index in [2.05, 4.69) is 18.3 Å². The van der Waals surface area contributed by atoms with Gasteiger partial charge in [0.25, 0.3) is 0 Å². The molecule has 0 aromatic heterocycles. The number of rotatable bonds is 4. The quantitative estimate of drug-likeness (QED) is 0.883. The van der Waals surface area contributed by atoms with E-state index in [9.17, 15) is 4.79 Å². The second-order valence-corrected chi connectivity index (χ2v) is 4.67. The van der Waals surface area contributed by atoms with Crippen LogP contribution in [0.15, 0.2) is 48.5 Å². The Morgan fingerprint density at radius 3 is 2.47 bits per heavy atom. The molecule has 1 amide bonds. The molecule has 1 N–H and O–H groups in total. The van der Waals surface area contributed by atoms with Gasteiger partial charge in [0.15, 0.2) is 0 Å². The van der Waals surface area contributed by atoms with Crippen LogP contribution in [0.5, 0.6) is 0 Å². The SMILES string of the molecule is CCc1cccc(C)c1NC(=O)Cc1ccccc1. The lowest BCUT2D eigenvalue weighted by Gasteiger charge is -2.13. The second-order valence-electron chi connectivity index (χ2n) is 4.67. The maximum Gasteiger partial charge on any atom is 0.228 e. The number of carbonyl (C=O) groups is 1. The van der Waals surface area contributed by atoms with Crippen molar-refractivity contribution >= 4 is 11.6 Å². The molecule has 0 saturated carbocycles. The second kappa shape index (κ2) is 6.19. The van der Waals surface area contributed by atoms with Crippen LogP contribution in [0.3, 0.4) is 0 Å². The lowest BCUT2D eigenvalue weighted by atomic mass is 10.1. The highest BCUT2D eigenvalue weighted by Gasteiger charge is 2.08. The highest BCUT2D eigenvalue weighted by Crippen LogP contribution is 2.21. The van der Waals surface area contributed by atoms with Crippen LogP contribution in [0.1, 0.15) is 23.6 Å². The van der Waals surface area contributed by atoms with Gasteiger partial charge >= 0.3 is 0 Å². The van der Waals surface area contributed by atoms with E-state index in [0.29, 0.717) is 6.42 Å². The summed E-state index contributed by atoms with van der Waals surface area (Å²) in [4.78, 5) is 12.1. The summed E-state index contributed by atoms with van der Waals surface area (Å²) in [6.45, 7) is 4.12. The van der Waals surface area contributed by atoms with Gasteiger partial charge in [-0.15, -0.1) is 0 Å². The molecule has 0 spiro atoms. The molecule has 19 heavy (non-hydrogen) atoms. The van der Waals surface area contributed by atoms with Crippen molar-refractivity contribution in [2.24, 2.45) is 0 Å². The molecule has 0 atom stereocenters. The zero-order chi connectivity index (χ0) is 13.7. The number of benzene rings is 2. The minimum atomic E-state index is 0.0372. The number of hydrogen-bond acceptors (Lipinski definition) is 1. The van der Waals surface area contributed by atoms with E-state index in [4.69, 9.17) is 0 Å². The summed E-state index contributed by atoms with van der Waals surface area (Å²) in [5.41, 5.74) is 4.29. The molecule has 0 aliphatic heterocycles. The average Bonchev–Trinajstić information content (AvgIpc) is 2.42. The topological polar surface area (TPSA) is 29.1 Å². The zero-order valence-electron chi connectivity index (χ0n) is 11.4. The van der Waals surface area contributed by atoms with Crippen molar-refractivity contribution in [1.29, 1.82) is 0 Å². The maximum absolute atomic E-state index is 12.1. The lowest BCUT2D eigenvalue weighted by molar-refractivity contribution is -0.115. The number of hydrogen-bond donors (Lipinski definition) is 1. The molecule has 0 unspecified atom stereocenters. The highest BCUT2D eigenvalue weighted by atomic mass is 16.1. The van der Waals surface area contributed by atoms with E-state index in [1.807, 2.05) is 49.4 Å². The summed E-state index contributed by atoms with van der Waals surface area (Å²) in [5.74, 6) is 0.0372. The molecule has 98 valence electrons. The molecule has 0 radical (unpaired) electrons. The molecule has 0 heterocycles. The first-order valence-corrected chi connectivity index (χ1v) is 6.63. The summed E-state index contributed by atoms with van der Waals surface area (Å²) in [6, 6.07) is 15.9. The van der Waals surface area contributed by atoms with Gasteiger partial charge in [0.05, 0.1) is 6.42 Å². The normalized spacial score (nSPS) is 10.2. The summed E-state index contributed by atoms with van der Waals surface area (Å²) < 4.78 is 0. The molecule has 2 heteroatoms. The smallest absolute Gasteiger partial charge is 0.228 e. The minimum Gasteiger partial charge on any atom is -0.325 e. The summed E-state index contributed by atoms with van der Waals surface area (Å²) in [7, 11) is 0. The number of nitrogens with one attached hydrogen (secondary N) is 1. The molecule has 2 aromatic carbocycles. The summed E-state index contributed by atoms with van der Waals surface area (Å²) >= 11 is 0. The Hall–Kier alpha value is -2.09. The van der Waals surface area contributed by atoms with Crippen LogP contribution in [0.2, 0.25) is 0 Å². The fourth-order valence-electron chi connectivity index (χ4n) is 2.17. The lowest BCUT2D eigenvalue weighted by Crippen LogP contribution is -2.16. The first kappa shape index (κ1) is 13.3. The number of amides is 1. The van der Waals surface area contributed by atoms with Crippen molar-refractivity contribution in [3.63, 3.8) is 0 Å². The van der Waals surface area contributed by atoms with Crippen molar-refractivity contribution in [1.82, 2.24) is 0 Å². The van der Waals surface area contributed by atoms with Gasteiger partial charge in [-0.2, -0.15) is 0 Å². The molecule has 0 saturated heterocycles. The van der Waals surface area contributed by atoms with E-state index in [1.54, 1.807) is 0 Å². The number of carbonyl (C=O) groups excluding carboxylic acids is 1. The van der Waals surface area contributed by atoms with E-state index in [0.717, 1.165) is 23.2 Å². The molecule has 0 aliphatic carbocycles. The van der Waals surface area contributed by atoms with E-state index in [-0.39, 0.29) is 5.91 Å². The third kappa shape index (κ3) is 3.44. The van der Waals surface area contributed by atoms with Crippen LogP contribution >= 0.6 is 0 Å². The van der Waals surface area contributed by atoms with Crippen LogP contribution in [0.25, 0.3) is 0 Å². The molecule has 2 nitrogen and oxygen atoms in total. The van der Waals surface area contributed by atoms with Crippen LogP contribution < -0.4 is 5.32 Å². The van der Waals surface area contributed by atoms with Gasteiger partial charge in [0.1, 0.15) is 0 Å². The Balaban J connectivity index is 2.11. The Morgan fingerprint density at radius 2 is 1.79 bits per heavy atom. The van der Waals surface area contributed by atoms with Crippen LogP contribution in [-0.2, 0) is 17.6 Å². The fourth-order valence-corrected chi connectivity index (χ4v) is 2.17. The molecular weight excluding hydrogens is 234 g/mol. The molecule has 2 rings (SSSR count). The molecule has 0 aliphatic rings. The molecule has 0 bridgehead atoms. The molecular formula is C17H19NO. The monoisotopic (exact) mass is 253 g/mol. The average molecular weight is 253 g/mol. The maximum atomic E-state index is 12.1. The van der Waals surface area contributed by atoms with E-state index in [1.165, 1.54) is 5.56 Å². The number of para-hydroxylation sites is 1. The number of aryl methyl sites for hydroxylation is 2. The van der Waals surface area contributed by atoms with Gasteiger partial charge in [0, 0.05) is 5.69 Å². The Labute approximate surface area is 114 Å². The van der Waals surface area contributed by atoms with Gasteiger partial charge in [0.2, 0.25) is 5.91 Å². The van der Waals surface area contributed by atoms with Crippen molar-refractivity contribution in [2.45, 2.75) is 26.7 Å². The first-order chi connectivity index (χ1) is 9.20. The summed E-state index contributed by atoms with van der Waals surface area (Å²) in [6.07, 6.45) is 1.33. The van der Waals surface area contributed by atoms with Gasteiger partial charge in [-0.1, -0.05) is 55.5 Å². The van der Waals surface area contributed by atoms with Crippen molar-refractivity contribution in [3.8, 4) is 0 Å². The molecule has 0 fully saturated rings. The fraction of sp³-hybridized carbons (Fsp3) is 0.235. The zero-order valence-corrected chi connectivity index (χ0v) is 11.4. The van der Waals surface area contributed by atoms with Crippen molar-refractivity contribution in [2.75, 3.05) is 5.32 Å². The van der Waals surface area contributed by atoms with Gasteiger partial charge < -0.3 is 5.32 Å². The van der Waals surface area contributed by atoms with Crippen LogP contribution in [0, 0.1) is 6.92 Å². The minimum absolute atomic E-state index is 0.0372. The predicted octanol–water partition coefficient (Wildman–Crippen LogP) is 3.74. The van der Waals surface area contributed by atoms with Gasteiger partial charge in [-0.3, -0.25) is 4.79 Å². The van der Waals surface area contributed by atoms with Crippen molar-refractivity contribution in [3.05, 3.63) is 65.2 Å². The first-order valence-electron chi connectivity index (χ1n) is 6.63. The standard InChI is InChI=1S/C17H19NO/c1-3-15-11-7-8-13(2)17(15)18-16(19)12-14-9-5-4-6-10-14/h4-11H,3,12H2,1-2H3,(H,18,19). The van der Waals surface area contributed by atoms with Crippen LogP contribution in [0.4, 0.5) is 5.69 Å². The third-order valence-corrected chi connectivity index (χ3v) is 3.21. The Morgan fingerprint density at radius 1 is 1.05 bits per heavy atom. The highest BCUT2D eigenvalue weighted by molar-refractivity contribution is 5.93. The van der Waals surface area contributed by atoms with Crippen LogP contribution in [-0.4, -0.2) is 5.91 Å².